The molecule has 2 aromatic rings. The Hall–Kier alpha value is -2.31. The van der Waals surface area contributed by atoms with Gasteiger partial charge in [0.2, 0.25) is 0 Å². The van der Waals surface area contributed by atoms with E-state index in [4.69, 9.17) is 4.99 Å². The van der Waals surface area contributed by atoms with E-state index < -0.39 is 10.1 Å². The Kier molecular flexibility index (Phi) is 7.95. The number of nitrogens with zero attached hydrogens (tertiary/aromatic N) is 2. The Morgan fingerprint density at radius 1 is 0.710 bits per heavy atom. The van der Waals surface area contributed by atoms with Crippen LogP contribution in [0.25, 0.3) is 0 Å². The average Bonchev–Trinajstić information content (AvgIpc) is 2.66. The van der Waals surface area contributed by atoms with E-state index >= 15 is 0 Å². The summed E-state index contributed by atoms with van der Waals surface area (Å²) in [5.74, 6) is 0.627. The summed E-state index contributed by atoms with van der Waals surface area (Å²) in [6, 6.07) is 10.9. The fraction of sp³-hybridized carbons (Fsp3) is 0.440. The summed E-state index contributed by atoms with van der Waals surface area (Å²) in [6.45, 7) is 16.1. The number of hydrogen-bond acceptors (Lipinski definition) is 5. The molecule has 0 spiro atoms. The number of aliphatic imine (C=N–C) groups is 2. The lowest BCUT2D eigenvalue weighted by molar-refractivity contribution is 0.463. The number of rotatable bonds is 7. The van der Waals surface area contributed by atoms with Crippen LogP contribution in [0.15, 0.2) is 51.3 Å². The van der Waals surface area contributed by atoms with Gasteiger partial charge in [-0.05, 0) is 54.4 Å². The molecule has 0 N–H and O–H groups in total. The summed E-state index contributed by atoms with van der Waals surface area (Å²) in [6.07, 6.45) is 0. The molecule has 168 valence electrons. The van der Waals surface area contributed by atoms with Gasteiger partial charge in [-0.3, -0.25) is 9.98 Å². The van der Waals surface area contributed by atoms with Gasteiger partial charge in [0.05, 0.1) is 27.7 Å². The fourth-order valence-corrected chi connectivity index (χ4v) is 4.11. The molecule has 0 radical (unpaired) electrons. The molecule has 5 nitrogen and oxygen atoms in total. The average molecular weight is 442 g/mol. The lowest BCUT2D eigenvalue weighted by atomic mass is 9.93. The molecule has 0 aromatic heterocycles. The van der Waals surface area contributed by atoms with E-state index in [9.17, 15) is 13.0 Å². The molecule has 0 heterocycles. The van der Waals surface area contributed by atoms with Crippen molar-refractivity contribution in [2.24, 2.45) is 9.98 Å². The van der Waals surface area contributed by atoms with Crippen LogP contribution in [0.4, 0.5) is 11.4 Å². The standard InChI is InChI=1S/C25H34N2O3S/c1-15(2)20-11-9-12-21(16(3)4)24(20)26-18(7)19(8)27-25-22(17(5)6)13-10-14-23(25)31(28,29)30/h9-17H,1-8H3,(H,28,29,30)/p-1. The van der Waals surface area contributed by atoms with Gasteiger partial charge in [0, 0.05) is 0 Å². The van der Waals surface area contributed by atoms with Gasteiger partial charge < -0.3 is 4.55 Å². The van der Waals surface area contributed by atoms with Crippen molar-refractivity contribution in [3.63, 3.8) is 0 Å². The Morgan fingerprint density at radius 2 is 1.06 bits per heavy atom. The van der Waals surface area contributed by atoms with Crippen LogP contribution in [0.1, 0.15) is 89.8 Å². The molecular formula is C25H33N2O3S-. The second kappa shape index (κ2) is 9.88. The lowest BCUT2D eigenvalue weighted by Gasteiger charge is -2.18. The second-order valence-electron chi connectivity index (χ2n) is 8.79. The first kappa shape index (κ1) is 25.0. The van der Waals surface area contributed by atoms with Crippen molar-refractivity contribution in [1.82, 2.24) is 0 Å². The Bertz CT molecular complexity index is 1090. The number of para-hydroxylation sites is 2. The maximum Gasteiger partial charge on any atom is 0.126 e. The summed E-state index contributed by atoms with van der Waals surface area (Å²) < 4.78 is 35.6. The smallest absolute Gasteiger partial charge is 0.126 e. The number of benzene rings is 2. The minimum atomic E-state index is -4.65. The van der Waals surface area contributed by atoms with Gasteiger partial charge in [0.15, 0.2) is 0 Å². The third kappa shape index (κ3) is 5.89. The molecule has 0 saturated carbocycles. The van der Waals surface area contributed by atoms with E-state index in [0.717, 1.165) is 22.4 Å². The third-order valence-corrected chi connectivity index (χ3v) is 6.21. The van der Waals surface area contributed by atoms with Crippen molar-refractivity contribution in [3.05, 3.63) is 53.1 Å². The fourth-order valence-electron chi connectivity index (χ4n) is 3.46. The first-order chi connectivity index (χ1) is 14.3. The zero-order valence-electron chi connectivity index (χ0n) is 19.7. The van der Waals surface area contributed by atoms with Crippen LogP contribution >= 0.6 is 0 Å². The van der Waals surface area contributed by atoms with Gasteiger partial charge in [-0.15, -0.1) is 0 Å². The van der Waals surface area contributed by atoms with Gasteiger partial charge in [0.1, 0.15) is 10.1 Å². The normalized spacial score (nSPS) is 13.5. The maximum atomic E-state index is 11.9. The third-order valence-electron chi connectivity index (χ3n) is 5.35. The molecule has 0 atom stereocenters. The topological polar surface area (TPSA) is 81.9 Å². The highest BCUT2D eigenvalue weighted by molar-refractivity contribution is 7.86. The highest BCUT2D eigenvalue weighted by atomic mass is 32.2. The van der Waals surface area contributed by atoms with E-state index in [1.165, 1.54) is 6.07 Å². The molecule has 2 aromatic carbocycles. The van der Waals surface area contributed by atoms with E-state index in [0.29, 0.717) is 23.3 Å². The van der Waals surface area contributed by atoms with Gasteiger partial charge in [-0.1, -0.05) is 71.9 Å². The van der Waals surface area contributed by atoms with Crippen LogP contribution in [0.5, 0.6) is 0 Å². The Labute approximate surface area is 187 Å². The second-order valence-corrected chi connectivity index (χ2v) is 10.1. The van der Waals surface area contributed by atoms with Crippen LogP contribution in [0, 0.1) is 0 Å². The first-order valence-corrected chi connectivity index (χ1v) is 12.1. The van der Waals surface area contributed by atoms with Gasteiger partial charge in [0.25, 0.3) is 0 Å². The monoisotopic (exact) mass is 441 g/mol. The lowest BCUT2D eigenvalue weighted by Crippen LogP contribution is -2.08. The van der Waals surface area contributed by atoms with E-state index in [2.05, 4.69) is 50.9 Å². The zero-order valence-corrected chi connectivity index (χ0v) is 20.5. The van der Waals surface area contributed by atoms with Crippen LogP contribution in [0.3, 0.4) is 0 Å². The first-order valence-electron chi connectivity index (χ1n) is 10.7. The molecule has 0 saturated heterocycles. The minimum Gasteiger partial charge on any atom is -0.744 e. The van der Waals surface area contributed by atoms with Crippen molar-refractivity contribution in [2.45, 2.75) is 78.0 Å². The molecule has 6 heteroatoms. The predicted molar refractivity (Wildman–Crippen MR) is 129 cm³/mol. The summed E-state index contributed by atoms with van der Waals surface area (Å²) in [7, 11) is -4.65. The molecule has 0 unspecified atom stereocenters. The summed E-state index contributed by atoms with van der Waals surface area (Å²) in [5.41, 5.74) is 5.44. The number of hydrogen-bond donors (Lipinski definition) is 0. The van der Waals surface area contributed by atoms with Crippen molar-refractivity contribution < 1.29 is 13.0 Å². The van der Waals surface area contributed by atoms with Crippen molar-refractivity contribution >= 4 is 32.9 Å². The zero-order chi connectivity index (χ0) is 23.5. The quantitative estimate of drug-likeness (QED) is 0.348. The van der Waals surface area contributed by atoms with E-state index in [-0.39, 0.29) is 16.5 Å². The predicted octanol–water partition coefficient (Wildman–Crippen LogP) is 6.85. The highest BCUT2D eigenvalue weighted by Gasteiger charge is 2.17. The molecule has 0 aliphatic heterocycles. The van der Waals surface area contributed by atoms with Crippen LogP contribution in [-0.2, 0) is 10.1 Å². The Balaban J connectivity index is 2.70. The van der Waals surface area contributed by atoms with E-state index in [1.54, 1.807) is 13.0 Å². The molecule has 0 aliphatic carbocycles. The van der Waals surface area contributed by atoms with Crippen LogP contribution in [0.2, 0.25) is 0 Å². The molecule has 0 bridgehead atoms. The summed E-state index contributed by atoms with van der Waals surface area (Å²) >= 11 is 0. The Morgan fingerprint density at radius 3 is 1.45 bits per heavy atom. The van der Waals surface area contributed by atoms with Crippen molar-refractivity contribution in [1.29, 1.82) is 0 Å². The molecule has 2 rings (SSSR count). The van der Waals surface area contributed by atoms with Crippen molar-refractivity contribution in [3.8, 4) is 0 Å². The maximum absolute atomic E-state index is 11.9. The molecule has 0 amide bonds. The van der Waals surface area contributed by atoms with Crippen molar-refractivity contribution in [2.75, 3.05) is 0 Å². The molecule has 0 aliphatic rings. The summed E-state index contributed by atoms with van der Waals surface area (Å²) in [5, 5.41) is 0. The SMILES string of the molecule is CC(=Nc1c(C(C)C)cccc1C(C)C)C(C)=Nc1c(C(C)C)cccc1S(=O)(=O)[O-]. The largest absolute Gasteiger partial charge is 0.744 e. The van der Waals surface area contributed by atoms with Crippen LogP contribution < -0.4 is 0 Å². The van der Waals surface area contributed by atoms with Crippen LogP contribution in [-0.4, -0.2) is 24.4 Å². The van der Waals surface area contributed by atoms with Gasteiger partial charge in [-0.25, -0.2) is 8.42 Å². The van der Waals surface area contributed by atoms with Gasteiger partial charge in [-0.2, -0.15) is 0 Å². The molecule has 0 fully saturated rings. The molecule has 31 heavy (non-hydrogen) atoms. The molecular weight excluding hydrogens is 408 g/mol. The highest BCUT2D eigenvalue weighted by Crippen LogP contribution is 2.36. The van der Waals surface area contributed by atoms with Gasteiger partial charge >= 0.3 is 0 Å². The summed E-state index contributed by atoms with van der Waals surface area (Å²) in [4.78, 5) is 9.23. The van der Waals surface area contributed by atoms with E-state index in [1.807, 2.05) is 26.8 Å². The minimum absolute atomic E-state index is 0.0136.